The van der Waals surface area contributed by atoms with Crippen molar-refractivity contribution >= 4 is 5.91 Å². The number of hydrogen-bond donors (Lipinski definition) is 1. The molecule has 3 aliphatic rings. The summed E-state index contributed by atoms with van der Waals surface area (Å²) in [6.45, 7) is 8.94. The summed E-state index contributed by atoms with van der Waals surface area (Å²) in [6.07, 6.45) is 5.08. The van der Waals surface area contributed by atoms with Gasteiger partial charge in [-0.25, -0.2) is 0 Å². The van der Waals surface area contributed by atoms with E-state index in [9.17, 15) is 4.79 Å². The lowest BCUT2D eigenvalue weighted by molar-refractivity contribution is -0.127. The average molecular weight is 294 g/mol. The molecule has 1 aliphatic heterocycles. The van der Waals surface area contributed by atoms with Gasteiger partial charge >= 0.3 is 0 Å². The zero-order valence-electron chi connectivity index (χ0n) is 13.5. The van der Waals surface area contributed by atoms with Gasteiger partial charge in [-0.15, -0.1) is 0 Å². The van der Waals surface area contributed by atoms with Gasteiger partial charge in [0.25, 0.3) is 0 Å². The van der Waals surface area contributed by atoms with Crippen LogP contribution in [0.1, 0.15) is 39.5 Å². The van der Waals surface area contributed by atoms with Crippen LogP contribution in [-0.4, -0.2) is 49.7 Å². The fourth-order valence-corrected chi connectivity index (χ4v) is 4.60. The summed E-state index contributed by atoms with van der Waals surface area (Å²) >= 11 is 0. The smallest absolute Gasteiger partial charge is 0.223 e. The third-order valence-corrected chi connectivity index (χ3v) is 5.84. The lowest BCUT2D eigenvalue weighted by atomic mass is 9.88. The topological polar surface area (TPSA) is 41.6 Å². The van der Waals surface area contributed by atoms with Crippen LogP contribution in [0.2, 0.25) is 0 Å². The number of morpholine rings is 1. The quantitative estimate of drug-likeness (QED) is 0.842. The van der Waals surface area contributed by atoms with E-state index < -0.39 is 0 Å². The number of rotatable bonds is 5. The molecule has 0 aromatic heterocycles. The van der Waals surface area contributed by atoms with Crippen molar-refractivity contribution in [3.05, 3.63) is 0 Å². The molecule has 4 unspecified atom stereocenters. The Kier molecular flexibility index (Phi) is 4.85. The highest BCUT2D eigenvalue weighted by atomic mass is 16.5. The summed E-state index contributed by atoms with van der Waals surface area (Å²) < 4.78 is 5.44. The van der Waals surface area contributed by atoms with Crippen LogP contribution in [0.4, 0.5) is 0 Å². The number of nitrogens with one attached hydrogen (secondary N) is 1. The van der Waals surface area contributed by atoms with Crippen molar-refractivity contribution in [2.45, 2.75) is 45.6 Å². The van der Waals surface area contributed by atoms with Gasteiger partial charge in [-0.05, 0) is 37.0 Å². The van der Waals surface area contributed by atoms with Gasteiger partial charge in [-0.3, -0.25) is 9.69 Å². The second-order valence-electron chi connectivity index (χ2n) is 7.49. The van der Waals surface area contributed by atoms with Crippen LogP contribution < -0.4 is 5.32 Å². The first-order valence-corrected chi connectivity index (χ1v) is 8.74. The number of hydrogen-bond acceptors (Lipinski definition) is 3. The van der Waals surface area contributed by atoms with Gasteiger partial charge in [-0.1, -0.05) is 20.3 Å². The van der Waals surface area contributed by atoms with Gasteiger partial charge in [0, 0.05) is 31.6 Å². The molecular weight excluding hydrogens is 264 g/mol. The third kappa shape index (κ3) is 3.42. The van der Waals surface area contributed by atoms with Gasteiger partial charge in [0.2, 0.25) is 5.91 Å². The summed E-state index contributed by atoms with van der Waals surface area (Å²) in [5.41, 5.74) is 0. The van der Waals surface area contributed by atoms with E-state index in [1.807, 2.05) is 0 Å². The Hall–Kier alpha value is -0.610. The van der Waals surface area contributed by atoms with E-state index in [4.69, 9.17) is 4.74 Å². The summed E-state index contributed by atoms with van der Waals surface area (Å²) in [4.78, 5) is 15.0. The highest BCUT2D eigenvalue weighted by Crippen LogP contribution is 2.48. The number of nitrogens with zero attached hydrogens (tertiary/aromatic N) is 1. The molecule has 2 bridgehead atoms. The SMILES string of the molecule is CC(C)C(CNC(=O)C1CC2CCC1C2)N1CCOCC1. The molecule has 1 N–H and O–H groups in total. The summed E-state index contributed by atoms with van der Waals surface area (Å²) in [6, 6.07) is 0.441. The zero-order chi connectivity index (χ0) is 14.8. The van der Waals surface area contributed by atoms with Gasteiger partial charge < -0.3 is 10.1 Å². The molecule has 3 fully saturated rings. The Bertz CT molecular complexity index is 366. The maximum absolute atomic E-state index is 12.5. The van der Waals surface area contributed by atoms with E-state index in [0.29, 0.717) is 29.7 Å². The molecule has 21 heavy (non-hydrogen) atoms. The minimum absolute atomic E-state index is 0.307. The molecule has 0 aromatic carbocycles. The van der Waals surface area contributed by atoms with E-state index in [2.05, 4.69) is 24.1 Å². The van der Waals surface area contributed by atoms with Gasteiger partial charge in [0.05, 0.1) is 13.2 Å². The summed E-state index contributed by atoms with van der Waals surface area (Å²) in [5, 5.41) is 3.27. The maximum Gasteiger partial charge on any atom is 0.223 e. The molecule has 4 atom stereocenters. The first-order chi connectivity index (χ1) is 10.1. The van der Waals surface area contributed by atoms with Crippen LogP contribution in [0.15, 0.2) is 0 Å². The predicted octanol–water partition coefficient (Wildman–Crippen LogP) is 1.90. The highest BCUT2D eigenvalue weighted by molar-refractivity contribution is 5.79. The van der Waals surface area contributed by atoms with Crippen molar-refractivity contribution in [1.29, 1.82) is 0 Å². The Morgan fingerprint density at radius 3 is 2.57 bits per heavy atom. The van der Waals surface area contributed by atoms with E-state index >= 15 is 0 Å². The number of carbonyl (C=O) groups excluding carboxylic acids is 1. The Morgan fingerprint density at radius 2 is 2.00 bits per heavy atom. The van der Waals surface area contributed by atoms with E-state index in [1.54, 1.807) is 0 Å². The molecule has 120 valence electrons. The van der Waals surface area contributed by atoms with Crippen LogP contribution >= 0.6 is 0 Å². The zero-order valence-corrected chi connectivity index (χ0v) is 13.5. The van der Waals surface area contributed by atoms with E-state index in [0.717, 1.165) is 45.2 Å². The van der Waals surface area contributed by atoms with Gasteiger partial charge in [0.1, 0.15) is 0 Å². The second kappa shape index (κ2) is 6.66. The van der Waals surface area contributed by atoms with Gasteiger partial charge in [0.15, 0.2) is 0 Å². The molecule has 0 aromatic rings. The standard InChI is InChI=1S/C17H30N2O2/c1-12(2)16(19-5-7-21-8-6-19)11-18-17(20)15-10-13-3-4-14(15)9-13/h12-16H,3-11H2,1-2H3,(H,18,20). The fourth-order valence-electron chi connectivity index (χ4n) is 4.60. The third-order valence-electron chi connectivity index (χ3n) is 5.84. The lowest BCUT2D eigenvalue weighted by Crippen LogP contribution is -2.51. The molecule has 0 radical (unpaired) electrons. The molecule has 3 rings (SSSR count). The van der Waals surface area contributed by atoms with Crippen molar-refractivity contribution < 1.29 is 9.53 Å². The molecule has 0 spiro atoms. The number of ether oxygens (including phenoxy) is 1. The largest absolute Gasteiger partial charge is 0.379 e. The van der Waals surface area contributed by atoms with Crippen LogP contribution in [-0.2, 0) is 9.53 Å². The molecule has 1 amide bonds. The molecule has 2 aliphatic carbocycles. The predicted molar refractivity (Wildman–Crippen MR) is 83.0 cm³/mol. The molecule has 2 saturated carbocycles. The van der Waals surface area contributed by atoms with Crippen LogP contribution in [0.3, 0.4) is 0 Å². The summed E-state index contributed by atoms with van der Waals surface area (Å²) in [5.74, 6) is 2.70. The maximum atomic E-state index is 12.5. The van der Waals surface area contributed by atoms with Crippen molar-refractivity contribution in [2.75, 3.05) is 32.8 Å². The Morgan fingerprint density at radius 1 is 1.24 bits per heavy atom. The number of carbonyl (C=O) groups is 1. The fraction of sp³-hybridized carbons (Fsp3) is 0.941. The van der Waals surface area contributed by atoms with Crippen molar-refractivity contribution in [3.8, 4) is 0 Å². The molecule has 1 heterocycles. The Labute approximate surface area is 128 Å². The van der Waals surface area contributed by atoms with Crippen molar-refractivity contribution in [2.24, 2.45) is 23.7 Å². The molecule has 1 saturated heterocycles. The van der Waals surface area contributed by atoms with E-state index in [-0.39, 0.29) is 0 Å². The normalized spacial score (nSPS) is 34.3. The lowest BCUT2D eigenvalue weighted by Gasteiger charge is -2.37. The van der Waals surface area contributed by atoms with Crippen LogP contribution in [0, 0.1) is 23.7 Å². The van der Waals surface area contributed by atoms with Gasteiger partial charge in [-0.2, -0.15) is 0 Å². The van der Waals surface area contributed by atoms with Crippen molar-refractivity contribution in [1.82, 2.24) is 10.2 Å². The minimum atomic E-state index is 0.307. The number of fused-ring (bicyclic) bond motifs is 2. The Balaban J connectivity index is 1.50. The van der Waals surface area contributed by atoms with Crippen molar-refractivity contribution in [3.63, 3.8) is 0 Å². The van der Waals surface area contributed by atoms with E-state index in [1.165, 1.54) is 19.3 Å². The highest BCUT2D eigenvalue weighted by Gasteiger charge is 2.43. The minimum Gasteiger partial charge on any atom is -0.379 e. The molecular formula is C17H30N2O2. The second-order valence-corrected chi connectivity index (χ2v) is 7.49. The molecule has 4 nitrogen and oxygen atoms in total. The average Bonchev–Trinajstić information content (AvgIpc) is 3.11. The monoisotopic (exact) mass is 294 g/mol. The summed E-state index contributed by atoms with van der Waals surface area (Å²) in [7, 11) is 0. The van der Waals surface area contributed by atoms with Crippen LogP contribution in [0.25, 0.3) is 0 Å². The van der Waals surface area contributed by atoms with Crippen LogP contribution in [0.5, 0.6) is 0 Å². The first kappa shape index (κ1) is 15.3. The molecule has 4 heteroatoms. The first-order valence-electron chi connectivity index (χ1n) is 8.74. The number of amides is 1.